The van der Waals surface area contributed by atoms with Crippen molar-refractivity contribution in [2.24, 2.45) is 0 Å². The average Bonchev–Trinajstić information content (AvgIpc) is 2.99. The maximum absolute atomic E-state index is 11.7. The molecule has 0 atom stereocenters. The fourth-order valence-electron chi connectivity index (χ4n) is 2.12. The first kappa shape index (κ1) is 16.6. The number of rotatable bonds is 8. The molecule has 0 unspecified atom stereocenters. The van der Waals surface area contributed by atoms with E-state index in [1.54, 1.807) is 6.20 Å². The van der Waals surface area contributed by atoms with Gasteiger partial charge in [-0.3, -0.25) is 4.79 Å². The van der Waals surface area contributed by atoms with Crippen LogP contribution in [0.1, 0.15) is 38.5 Å². The Morgan fingerprint density at radius 2 is 2.14 bits per heavy atom. The molecule has 0 aliphatic rings. The molecule has 1 aromatic heterocycles. The van der Waals surface area contributed by atoms with E-state index in [4.69, 9.17) is 16.0 Å². The first-order chi connectivity index (χ1) is 10.7. The van der Waals surface area contributed by atoms with Crippen molar-refractivity contribution in [3.05, 3.63) is 41.4 Å². The van der Waals surface area contributed by atoms with Crippen molar-refractivity contribution in [1.29, 1.82) is 0 Å². The molecule has 118 valence electrons. The highest BCUT2D eigenvalue weighted by Gasteiger charge is 2.10. The lowest BCUT2D eigenvalue weighted by Gasteiger charge is -2.03. The molecule has 0 aliphatic heterocycles. The molecule has 0 aliphatic carbocycles. The lowest BCUT2D eigenvalue weighted by molar-refractivity contribution is -0.121. The summed E-state index contributed by atoms with van der Waals surface area (Å²) in [6, 6.07) is 7.45. The third kappa shape index (κ3) is 4.88. The number of hydrogen-bond acceptors (Lipinski definition) is 3. The number of amides is 1. The lowest BCUT2D eigenvalue weighted by atomic mass is 10.2. The molecular formula is C17H21ClN2O2. The summed E-state index contributed by atoms with van der Waals surface area (Å²) in [7, 11) is 0. The highest BCUT2D eigenvalue weighted by molar-refractivity contribution is 6.33. The van der Waals surface area contributed by atoms with E-state index in [-0.39, 0.29) is 5.91 Å². The summed E-state index contributed by atoms with van der Waals surface area (Å²) in [6.45, 7) is 2.88. The Balaban J connectivity index is 1.83. The zero-order chi connectivity index (χ0) is 15.8. The molecular weight excluding hydrogens is 300 g/mol. The van der Waals surface area contributed by atoms with E-state index in [1.165, 1.54) is 0 Å². The summed E-state index contributed by atoms with van der Waals surface area (Å²) < 4.78 is 5.67. The van der Waals surface area contributed by atoms with Crippen LogP contribution in [0.25, 0.3) is 11.3 Å². The Bertz CT molecular complexity index is 610. The Hall–Kier alpha value is -1.81. The number of benzene rings is 1. The van der Waals surface area contributed by atoms with E-state index in [0.717, 1.165) is 31.4 Å². The van der Waals surface area contributed by atoms with Crippen LogP contribution in [0.4, 0.5) is 0 Å². The van der Waals surface area contributed by atoms with Gasteiger partial charge in [-0.1, -0.05) is 43.5 Å². The molecule has 1 heterocycles. The van der Waals surface area contributed by atoms with Gasteiger partial charge in [0.05, 0.1) is 11.2 Å². The maximum atomic E-state index is 11.7. The van der Waals surface area contributed by atoms with Gasteiger partial charge in [-0.25, -0.2) is 4.98 Å². The fraction of sp³-hybridized carbons (Fsp3) is 0.412. The summed E-state index contributed by atoms with van der Waals surface area (Å²) in [4.78, 5) is 15.9. The van der Waals surface area contributed by atoms with E-state index < -0.39 is 0 Å². The molecule has 1 aromatic carbocycles. The number of carbonyl (C=O) groups is 1. The number of hydrogen-bond donors (Lipinski definition) is 1. The van der Waals surface area contributed by atoms with Crippen LogP contribution in [0.3, 0.4) is 0 Å². The molecule has 0 saturated heterocycles. The van der Waals surface area contributed by atoms with Crippen molar-refractivity contribution in [2.75, 3.05) is 6.54 Å². The summed E-state index contributed by atoms with van der Waals surface area (Å²) in [5.74, 6) is 1.22. The molecule has 2 aromatic rings. The van der Waals surface area contributed by atoms with Crippen LogP contribution in [0.15, 0.2) is 34.9 Å². The molecule has 2 rings (SSSR count). The number of halogens is 1. The second-order valence-corrected chi connectivity index (χ2v) is 5.56. The highest BCUT2D eigenvalue weighted by Crippen LogP contribution is 2.28. The van der Waals surface area contributed by atoms with Gasteiger partial charge in [0, 0.05) is 24.9 Å². The zero-order valence-corrected chi connectivity index (χ0v) is 13.5. The number of oxazole rings is 1. The second kappa shape index (κ2) is 8.59. The number of unbranched alkanes of at least 4 members (excludes halogenated alkanes) is 2. The van der Waals surface area contributed by atoms with E-state index in [0.29, 0.717) is 29.5 Å². The van der Waals surface area contributed by atoms with Crippen LogP contribution >= 0.6 is 11.6 Å². The van der Waals surface area contributed by atoms with Crippen molar-refractivity contribution in [2.45, 2.75) is 39.0 Å². The molecule has 0 radical (unpaired) electrons. The molecule has 5 heteroatoms. The van der Waals surface area contributed by atoms with Gasteiger partial charge in [0.25, 0.3) is 0 Å². The summed E-state index contributed by atoms with van der Waals surface area (Å²) in [6.07, 6.45) is 5.84. The lowest BCUT2D eigenvalue weighted by Crippen LogP contribution is -2.24. The fourth-order valence-corrected chi connectivity index (χ4v) is 2.35. The molecule has 0 spiro atoms. The largest absolute Gasteiger partial charge is 0.441 e. The first-order valence-electron chi connectivity index (χ1n) is 7.67. The topological polar surface area (TPSA) is 55.1 Å². The summed E-state index contributed by atoms with van der Waals surface area (Å²) >= 11 is 6.13. The molecule has 0 fully saturated rings. The quantitative estimate of drug-likeness (QED) is 0.740. The minimum absolute atomic E-state index is 0.0357. The van der Waals surface area contributed by atoms with Gasteiger partial charge >= 0.3 is 0 Å². The van der Waals surface area contributed by atoms with Gasteiger partial charge in [-0.15, -0.1) is 0 Å². The zero-order valence-electron chi connectivity index (χ0n) is 12.8. The number of aromatic nitrogens is 1. The minimum Gasteiger partial charge on any atom is -0.441 e. The third-order valence-electron chi connectivity index (χ3n) is 3.36. The van der Waals surface area contributed by atoms with Crippen LogP contribution in [0.5, 0.6) is 0 Å². The highest BCUT2D eigenvalue weighted by atomic mass is 35.5. The maximum Gasteiger partial charge on any atom is 0.220 e. The molecule has 0 saturated carbocycles. The number of nitrogens with one attached hydrogen (secondary N) is 1. The van der Waals surface area contributed by atoms with E-state index in [2.05, 4.69) is 17.2 Å². The second-order valence-electron chi connectivity index (χ2n) is 5.16. The predicted molar refractivity (Wildman–Crippen MR) is 87.8 cm³/mol. The molecule has 1 amide bonds. The Morgan fingerprint density at radius 3 is 2.91 bits per heavy atom. The van der Waals surface area contributed by atoms with Crippen molar-refractivity contribution < 1.29 is 9.21 Å². The van der Waals surface area contributed by atoms with Crippen LogP contribution in [-0.4, -0.2) is 17.4 Å². The Labute approximate surface area is 135 Å². The van der Waals surface area contributed by atoms with Crippen molar-refractivity contribution >= 4 is 17.5 Å². The van der Waals surface area contributed by atoms with Gasteiger partial charge in [0.1, 0.15) is 0 Å². The van der Waals surface area contributed by atoms with Gasteiger partial charge in [0.2, 0.25) is 5.91 Å². The van der Waals surface area contributed by atoms with Crippen LogP contribution in [-0.2, 0) is 11.2 Å². The Kier molecular flexibility index (Phi) is 6.46. The van der Waals surface area contributed by atoms with Crippen molar-refractivity contribution in [3.8, 4) is 11.3 Å². The van der Waals surface area contributed by atoms with Gasteiger partial charge in [0.15, 0.2) is 11.7 Å². The molecule has 22 heavy (non-hydrogen) atoms. The van der Waals surface area contributed by atoms with E-state index in [1.807, 2.05) is 24.3 Å². The van der Waals surface area contributed by atoms with Gasteiger partial charge in [-0.2, -0.15) is 0 Å². The average molecular weight is 321 g/mol. The minimum atomic E-state index is 0.0357. The summed E-state index contributed by atoms with van der Waals surface area (Å²) in [5, 5.41) is 3.53. The SMILES string of the molecule is CCCCCNC(=O)CCc1ncc(-c2ccccc2Cl)o1. The number of carbonyl (C=O) groups excluding carboxylic acids is 1. The van der Waals surface area contributed by atoms with Gasteiger partial charge in [-0.05, 0) is 18.6 Å². The third-order valence-corrected chi connectivity index (χ3v) is 3.69. The number of nitrogens with zero attached hydrogens (tertiary/aromatic N) is 1. The normalized spacial score (nSPS) is 10.6. The molecule has 0 bridgehead atoms. The Morgan fingerprint density at radius 1 is 1.32 bits per heavy atom. The molecule has 4 nitrogen and oxygen atoms in total. The smallest absolute Gasteiger partial charge is 0.220 e. The van der Waals surface area contributed by atoms with Crippen molar-refractivity contribution in [1.82, 2.24) is 10.3 Å². The molecule has 1 N–H and O–H groups in total. The van der Waals surface area contributed by atoms with Crippen LogP contribution in [0.2, 0.25) is 5.02 Å². The van der Waals surface area contributed by atoms with Crippen molar-refractivity contribution in [3.63, 3.8) is 0 Å². The van der Waals surface area contributed by atoms with Crippen LogP contribution in [0, 0.1) is 0 Å². The predicted octanol–water partition coefficient (Wildman–Crippen LogP) is 4.23. The monoisotopic (exact) mass is 320 g/mol. The standard InChI is InChI=1S/C17H21ClN2O2/c1-2-3-6-11-19-16(21)9-10-17-20-12-15(22-17)13-7-4-5-8-14(13)18/h4-5,7-8,12H,2-3,6,9-11H2,1H3,(H,19,21). The number of aryl methyl sites for hydroxylation is 1. The first-order valence-corrected chi connectivity index (χ1v) is 8.04. The van der Waals surface area contributed by atoms with Crippen LogP contribution < -0.4 is 5.32 Å². The van der Waals surface area contributed by atoms with E-state index >= 15 is 0 Å². The summed E-state index contributed by atoms with van der Waals surface area (Å²) in [5.41, 5.74) is 0.812. The van der Waals surface area contributed by atoms with Gasteiger partial charge < -0.3 is 9.73 Å². The van der Waals surface area contributed by atoms with E-state index in [9.17, 15) is 4.79 Å².